The topological polar surface area (TPSA) is 34.0 Å². The van der Waals surface area contributed by atoms with Gasteiger partial charge in [-0.2, -0.15) is 0 Å². The van der Waals surface area contributed by atoms with Crippen molar-refractivity contribution in [3.63, 3.8) is 0 Å². The highest BCUT2D eigenvalue weighted by molar-refractivity contribution is 6.24. The Labute approximate surface area is 242 Å². The van der Waals surface area contributed by atoms with Gasteiger partial charge in [0.25, 0.3) is 0 Å². The maximum atomic E-state index is 4.80. The third-order valence-corrected chi connectivity index (χ3v) is 8.41. The fraction of sp³-hybridized carbons (Fsp3) is 0. The van der Waals surface area contributed by atoms with Gasteiger partial charge in [-0.3, -0.25) is 4.57 Å². The summed E-state index contributed by atoms with van der Waals surface area (Å²) >= 11 is 0. The smallest absolute Gasteiger partial charge is 0.141 e. The Morgan fingerprint density at radius 1 is 0.524 bits per heavy atom. The van der Waals surface area contributed by atoms with Gasteiger partial charge < -0.3 is 4.90 Å². The molecule has 42 heavy (non-hydrogen) atoms. The molecule has 0 amide bonds. The van der Waals surface area contributed by atoms with Crippen molar-refractivity contribution in [3.8, 4) is 28.2 Å². The summed E-state index contributed by atoms with van der Waals surface area (Å²) < 4.78 is 2.28. The van der Waals surface area contributed by atoms with Gasteiger partial charge in [-0.25, -0.2) is 9.97 Å². The average molecular weight is 537 g/mol. The molecule has 4 heteroatoms. The quantitative estimate of drug-likeness (QED) is 0.225. The van der Waals surface area contributed by atoms with Crippen molar-refractivity contribution in [2.24, 2.45) is 0 Å². The molecule has 8 aromatic rings. The predicted octanol–water partition coefficient (Wildman–Crippen LogP) is 9.84. The van der Waals surface area contributed by atoms with E-state index in [-0.39, 0.29) is 0 Å². The molecule has 0 saturated carbocycles. The Morgan fingerprint density at radius 2 is 1.29 bits per heavy atom. The maximum absolute atomic E-state index is 4.80. The third-order valence-electron chi connectivity index (χ3n) is 8.41. The minimum absolute atomic E-state index is 0.847. The lowest BCUT2D eigenvalue weighted by Gasteiger charge is -2.34. The fourth-order valence-electron chi connectivity index (χ4n) is 6.67. The molecule has 0 saturated heterocycles. The molecule has 0 unspecified atom stereocenters. The summed E-state index contributed by atoms with van der Waals surface area (Å²) in [5, 5.41) is 4.92. The van der Waals surface area contributed by atoms with Crippen molar-refractivity contribution >= 4 is 49.6 Å². The Morgan fingerprint density at radius 3 is 2.14 bits per heavy atom. The second-order valence-electron chi connectivity index (χ2n) is 10.7. The molecule has 0 fully saturated rings. The minimum atomic E-state index is 0.847. The van der Waals surface area contributed by atoms with E-state index in [1.807, 2.05) is 18.2 Å². The van der Waals surface area contributed by atoms with Crippen LogP contribution in [0.1, 0.15) is 0 Å². The third kappa shape index (κ3) is 3.23. The maximum Gasteiger partial charge on any atom is 0.141 e. The van der Waals surface area contributed by atoms with Gasteiger partial charge in [0.15, 0.2) is 0 Å². The summed E-state index contributed by atoms with van der Waals surface area (Å²) in [6, 6.07) is 49.5. The zero-order valence-corrected chi connectivity index (χ0v) is 22.6. The molecule has 0 atom stereocenters. The number of hydrogen-bond acceptors (Lipinski definition) is 3. The lowest BCUT2D eigenvalue weighted by atomic mass is 9.89. The highest BCUT2D eigenvalue weighted by atomic mass is 15.2. The number of nitrogens with zero attached hydrogens (tertiary/aromatic N) is 4. The molecular formula is C38H24N4. The largest absolute Gasteiger partial charge is 0.309 e. The molecule has 1 aliphatic heterocycles. The molecular weight excluding hydrogens is 512 g/mol. The van der Waals surface area contributed by atoms with E-state index in [0.717, 1.165) is 33.8 Å². The van der Waals surface area contributed by atoms with Gasteiger partial charge in [0.05, 0.1) is 28.1 Å². The molecule has 196 valence electrons. The van der Waals surface area contributed by atoms with Crippen LogP contribution in [0.2, 0.25) is 0 Å². The first kappa shape index (κ1) is 23.0. The van der Waals surface area contributed by atoms with E-state index in [1.165, 1.54) is 44.0 Å². The molecule has 9 rings (SSSR count). The van der Waals surface area contributed by atoms with E-state index in [0.29, 0.717) is 0 Å². The van der Waals surface area contributed by atoms with E-state index >= 15 is 0 Å². The van der Waals surface area contributed by atoms with Crippen molar-refractivity contribution in [1.29, 1.82) is 0 Å². The molecule has 0 N–H and O–H groups in total. The van der Waals surface area contributed by atoms with Crippen LogP contribution < -0.4 is 4.90 Å². The Hall–Kier alpha value is -5.74. The van der Waals surface area contributed by atoms with Crippen LogP contribution in [0.5, 0.6) is 0 Å². The van der Waals surface area contributed by atoms with Gasteiger partial charge in [0, 0.05) is 39.0 Å². The summed E-state index contributed by atoms with van der Waals surface area (Å²) in [5.41, 5.74) is 10.2. The SMILES string of the molecule is c1ccc(-c2cc(-n3c4ccccc4c4c5c(ccc43)-c3cccc4cccc(c34)N5c3ccccc3)ncn2)cc1. The average Bonchev–Trinajstić information content (AvgIpc) is 3.41. The first-order chi connectivity index (χ1) is 20.9. The van der Waals surface area contributed by atoms with Crippen LogP contribution in [0, 0.1) is 0 Å². The van der Waals surface area contributed by atoms with Crippen molar-refractivity contribution in [2.75, 3.05) is 4.90 Å². The van der Waals surface area contributed by atoms with E-state index in [9.17, 15) is 0 Å². The van der Waals surface area contributed by atoms with Crippen LogP contribution in [0.3, 0.4) is 0 Å². The second-order valence-corrected chi connectivity index (χ2v) is 10.7. The summed E-state index contributed by atoms with van der Waals surface area (Å²) in [7, 11) is 0. The van der Waals surface area contributed by atoms with Crippen molar-refractivity contribution < 1.29 is 0 Å². The normalized spacial score (nSPS) is 12.2. The van der Waals surface area contributed by atoms with Gasteiger partial charge in [-0.1, -0.05) is 103 Å². The Bertz CT molecular complexity index is 2300. The number of benzene rings is 6. The number of fused-ring (bicyclic) bond motifs is 6. The van der Waals surface area contributed by atoms with Crippen molar-refractivity contribution in [3.05, 3.63) is 146 Å². The predicted molar refractivity (Wildman–Crippen MR) is 173 cm³/mol. The molecule has 0 spiro atoms. The highest BCUT2D eigenvalue weighted by Gasteiger charge is 2.30. The van der Waals surface area contributed by atoms with Crippen molar-refractivity contribution in [2.45, 2.75) is 0 Å². The lowest BCUT2D eigenvalue weighted by Crippen LogP contribution is -2.15. The van der Waals surface area contributed by atoms with Crippen LogP contribution in [-0.2, 0) is 0 Å². The molecule has 2 aromatic heterocycles. The summed E-state index contributed by atoms with van der Waals surface area (Å²) in [5.74, 6) is 0.847. The minimum Gasteiger partial charge on any atom is -0.309 e. The molecule has 0 radical (unpaired) electrons. The zero-order valence-electron chi connectivity index (χ0n) is 22.6. The number of hydrogen-bond donors (Lipinski definition) is 0. The van der Waals surface area contributed by atoms with Gasteiger partial charge in [-0.15, -0.1) is 0 Å². The molecule has 0 bridgehead atoms. The van der Waals surface area contributed by atoms with Crippen LogP contribution in [0.25, 0.3) is 60.8 Å². The molecule has 0 aliphatic carbocycles. The lowest BCUT2D eigenvalue weighted by molar-refractivity contribution is 1.04. The van der Waals surface area contributed by atoms with Gasteiger partial charge in [-0.05, 0) is 41.3 Å². The second kappa shape index (κ2) is 8.88. The van der Waals surface area contributed by atoms with Gasteiger partial charge in [0.1, 0.15) is 12.1 Å². The molecule has 6 aromatic carbocycles. The summed E-state index contributed by atoms with van der Waals surface area (Å²) in [4.78, 5) is 11.9. The van der Waals surface area contributed by atoms with Gasteiger partial charge in [0.2, 0.25) is 0 Å². The van der Waals surface area contributed by atoms with E-state index in [1.54, 1.807) is 6.33 Å². The molecule has 4 nitrogen and oxygen atoms in total. The molecule has 1 aliphatic rings. The van der Waals surface area contributed by atoms with Crippen LogP contribution in [0.4, 0.5) is 17.1 Å². The summed E-state index contributed by atoms with van der Waals surface area (Å²) in [6.07, 6.45) is 1.67. The van der Waals surface area contributed by atoms with E-state index < -0.39 is 0 Å². The summed E-state index contributed by atoms with van der Waals surface area (Å²) in [6.45, 7) is 0. The van der Waals surface area contributed by atoms with Gasteiger partial charge >= 0.3 is 0 Å². The fourth-order valence-corrected chi connectivity index (χ4v) is 6.67. The van der Waals surface area contributed by atoms with E-state index in [2.05, 4.69) is 136 Å². The Balaban J connectivity index is 1.41. The monoisotopic (exact) mass is 536 g/mol. The highest BCUT2D eigenvalue weighted by Crippen LogP contribution is 2.54. The zero-order chi connectivity index (χ0) is 27.6. The first-order valence-electron chi connectivity index (χ1n) is 14.2. The number of anilines is 3. The number of rotatable bonds is 3. The number of para-hydroxylation sites is 2. The van der Waals surface area contributed by atoms with Crippen LogP contribution in [0.15, 0.2) is 146 Å². The first-order valence-corrected chi connectivity index (χ1v) is 14.2. The van der Waals surface area contributed by atoms with Crippen LogP contribution >= 0.6 is 0 Å². The molecule has 3 heterocycles. The van der Waals surface area contributed by atoms with Crippen LogP contribution in [-0.4, -0.2) is 14.5 Å². The van der Waals surface area contributed by atoms with Crippen molar-refractivity contribution in [1.82, 2.24) is 14.5 Å². The number of aromatic nitrogens is 3. The standard InChI is InChI=1S/C38H24N4/c1-3-11-25(12-4-1)31-23-35(40-24-39-31)42-32-19-8-7-17-30(32)37-34(42)22-21-29-28-18-9-13-26-14-10-20-33(36(26)28)41(38(29)37)27-15-5-2-6-16-27/h1-24H. The van der Waals surface area contributed by atoms with E-state index in [4.69, 9.17) is 4.98 Å². The Kier molecular flexibility index (Phi) is 4.87.